The number of furan rings is 1. The Labute approximate surface area is 159 Å². The quantitative estimate of drug-likeness (QED) is 0.349. The van der Waals surface area contributed by atoms with Crippen LogP contribution in [0.5, 0.6) is 0 Å². The molecule has 2 heterocycles. The van der Waals surface area contributed by atoms with Crippen LogP contribution in [0.3, 0.4) is 0 Å². The van der Waals surface area contributed by atoms with E-state index in [1.807, 2.05) is 54.6 Å². The molecule has 0 saturated heterocycles. The first-order valence-corrected chi connectivity index (χ1v) is 9.14. The molecule has 0 atom stereocenters. The Bertz CT molecular complexity index is 1060. The lowest BCUT2D eigenvalue weighted by Crippen LogP contribution is -2.01. The summed E-state index contributed by atoms with van der Waals surface area (Å²) in [5.74, 6) is 2.19. The lowest BCUT2D eigenvalue weighted by atomic mass is 10.2. The minimum Gasteiger partial charge on any atom is -0.455 e. The Morgan fingerprint density at radius 2 is 1.92 bits per heavy atom. The highest BCUT2D eigenvalue weighted by Crippen LogP contribution is 2.23. The number of halogens is 1. The fourth-order valence-electron chi connectivity index (χ4n) is 2.83. The van der Waals surface area contributed by atoms with E-state index in [-0.39, 0.29) is 0 Å². The van der Waals surface area contributed by atoms with Crippen molar-refractivity contribution in [3.05, 3.63) is 70.9 Å². The van der Waals surface area contributed by atoms with Crippen LogP contribution in [-0.4, -0.2) is 15.8 Å². The van der Waals surface area contributed by atoms with E-state index in [0.29, 0.717) is 11.7 Å². The number of aryl methyl sites for hydroxylation is 1. The van der Waals surface area contributed by atoms with Gasteiger partial charge in [0.2, 0.25) is 5.95 Å². The van der Waals surface area contributed by atoms with Gasteiger partial charge in [-0.1, -0.05) is 40.2 Å². The van der Waals surface area contributed by atoms with E-state index in [9.17, 15) is 0 Å². The third-order valence-corrected chi connectivity index (χ3v) is 4.61. The van der Waals surface area contributed by atoms with Crippen LogP contribution in [0.2, 0.25) is 0 Å². The van der Waals surface area contributed by atoms with Crippen molar-refractivity contribution in [2.45, 2.75) is 13.5 Å². The van der Waals surface area contributed by atoms with E-state index in [4.69, 9.17) is 4.42 Å². The van der Waals surface area contributed by atoms with Crippen molar-refractivity contribution >= 4 is 39.1 Å². The first-order chi connectivity index (χ1) is 12.7. The maximum absolute atomic E-state index is 5.83. The maximum atomic E-state index is 5.83. The van der Waals surface area contributed by atoms with Crippen molar-refractivity contribution in [2.24, 2.45) is 5.10 Å². The predicted octanol–water partition coefficient (Wildman–Crippen LogP) is 5.52. The summed E-state index contributed by atoms with van der Waals surface area (Å²) in [5.41, 5.74) is 6.07. The molecule has 5 nitrogen and oxygen atoms in total. The van der Waals surface area contributed by atoms with Gasteiger partial charge in [0.05, 0.1) is 17.2 Å². The van der Waals surface area contributed by atoms with Crippen molar-refractivity contribution in [2.75, 3.05) is 5.43 Å². The molecule has 4 rings (SSSR count). The Morgan fingerprint density at radius 1 is 1.12 bits per heavy atom. The topological polar surface area (TPSA) is 55.4 Å². The summed E-state index contributed by atoms with van der Waals surface area (Å²) in [6, 6.07) is 19.9. The molecule has 2 aromatic heterocycles. The molecule has 0 spiro atoms. The third-order valence-electron chi connectivity index (χ3n) is 4.08. The van der Waals surface area contributed by atoms with E-state index in [2.05, 4.69) is 49.0 Å². The molecule has 0 unspecified atom stereocenters. The Balaban J connectivity index is 1.52. The molecule has 0 radical (unpaired) electrons. The average molecular weight is 409 g/mol. The molecule has 130 valence electrons. The second-order valence-electron chi connectivity index (χ2n) is 5.75. The minimum atomic E-state index is 0.676. The van der Waals surface area contributed by atoms with Gasteiger partial charge in [-0.15, -0.1) is 0 Å². The van der Waals surface area contributed by atoms with Crippen LogP contribution in [0, 0.1) is 0 Å². The van der Waals surface area contributed by atoms with Crippen molar-refractivity contribution in [3.63, 3.8) is 0 Å². The number of hydrazone groups is 1. The van der Waals surface area contributed by atoms with E-state index < -0.39 is 0 Å². The van der Waals surface area contributed by atoms with Gasteiger partial charge in [-0.25, -0.2) is 10.4 Å². The number of hydrogen-bond acceptors (Lipinski definition) is 4. The highest BCUT2D eigenvalue weighted by molar-refractivity contribution is 9.10. The molecule has 0 aliphatic rings. The number of anilines is 1. The van der Waals surface area contributed by atoms with Gasteiger partial charge in [0.1, 0.15) is 11.5 Å². The number of fused-ring (bicyclic) bond motifs is 1. The van der Waals surface area contributed by atoms with Gasteiger partial charge in [-0.3, -0.25) is 0 Å². The van der Waals surface area contributed by atoms with Gasteiger partial charge in [0.15, 0.2) is 0 Å². The normalized spacial score (nSPS) is 11.5. The maximum Gasteiger partial charge on any atom is 0.224 e. The zero-order valence-electron chi connectivity index (χ0n) is 14.2. The van der Waals surface area contributed by atoms with E-state index in [1.165, 1.54) is 0 Å². The molecular formula is C20H17BrN4O. The molecule has 0 aliphatic carbocycles. The molecule has 26 heavy (non-hydrogen) atoms. The highest BCUT2D eigenvalue weighted by atomic mass is 79.9. The molecule has 2 aromatic carbocycles. The number of benzene rings is 2. The first-order valence-electron chi connectivity index (χ1n) is 8.34. The zero-order valence-corrected chi connectivity index (χ0v) is 15.8. The van der Waals surface area contributed by atoms with Crippen molar-refractivity contribution in [3.8, 4) is 11.3 Å². The number of rotatable bonds is 5. The Kier molecular flexibility index (Phi) is 4.58. The van der Waals surface area contributed by atoms with Crippen LogP contribution in [-0.2, 0) is 6.54 Å². The molecule has 0 fully saturated rings. The van der Waals surface area contributed by atoms with Crippen LogP contribution in [0.15, 0.2) is 74.7 Å². The number of hydrogen-bond donors (Lipinski definition) is 1. The van der Waals surface area contributed by atoms with E-state index in [0.717, 1.165) is 33.4 Å². The van der Waals surface area contributed by atoms with Crippen LogP contribution < -0.4 is 5.43 Å². The summed E-state index contributed by atoms with van der Waals surface area (Å²) in [7, 11) is 0. The number of para-hydroxylation sites is 2. The van der Waals surface area contributed by atoms with Crippen LogP contribution >= 0.6 is 15.9 Å². The average Bonchev–Trinajstić information content (AvgIpc) is 3.26. The molecule has 6 heteroatoms. The summed E-state index contributed by atoms with van der Waals surface area (Å²) in [6.07, 6.45) is 1.65. The standard InChI is InChI=1S/C20H17BrN4O/c1-2-25-18-6-4-3-5-17(18)23-20(25)24-22-13-16-11-12-19(26-16)14-7-9-15(21)10-8-14/h3-13H,2H2,1H3,(H,23,24)/b22-13-. The molecule has 0 amide bonds. The van der Waals surface area contributed by atoms with Gasteiger partial charge in [-0.05, 0) is 43.3 Å². The van der Waals surface area contributed by atoms with Crippen molar-refractivity contribution < 1.29 is 4.42 Å². The van der Waals surface area contributed by atoms with E-state index in [1.54, 1.807) is 6.21 Å². The summed E-state index contributed by atoms with van der Waals surface area (Å²) in [4.78, 5) is 4.58. The van der Waals surface area contributed by atoms with Gasteiger partial charge in [-0.2, -0.15) is 5.10 Å². The largest absolute Gasteiger partial charge is 0.455 e. The zero-order chi connectivity index (χ0) is 17.9. The second kappa shape index (κ2) is 7.17. The smallest absolute Gasteiger partial charge is 0.224 e. The fraction of sp³-hybridized carbons (Fsp3) is 0.100. The second-order valence-corrected chi connectivity index (χ2v) is 6.66. The van der Waals surface area contributed by atoms with Gasteiger partial charge < -0.3 is 8.98 Å². The molecule has 4 aromatic rings. The fourth-order valence-corrected chi connectivity index (χ4v) is 3.09. The lowest BCUT2D eigenvalue weighted by Gasteiger charge is -2.03. The number of aromatic nitrogens is 2. The van der Waals surface area contributed by atoms with Crippen molar-refractivity contribution in [1.82, 2.24) is 9.55 Å². The summed E-state index contributed by atoms with van der Waals surface area (Å²) in [5, 5.41) is 4.28. The highest BCUT2D eigenvalue weighted by Gasteiger charge is 2.08. The molecule has 0 aliphatic heterocycles. The Morgan fingerprint density at radius 3 is 2.73 bits per heavy atom. The molecule has 0 saturated carbocycles. The third kappa shape index (κ3) is 3.28. The summed E-state index contributed by atoms with van der Waals surface area (Å²) < 4.78 is 8.96. The van der Waals surface area contributed by atoms with Crippen molar-refractivity contribution in [1.29, 1.82) is 0 Å². The van der Waals surface area contributed by atoms with Gasteiger partial charge in [0, 0.05) is 16.6 Å². The number of nitrogens with zero attached hydrogens (tertiary/aromatic N) is 3. The predicted molar refractivity (Wildman–Crippen MR) is 108 cm³/mol. The van der Waals surface area contributed by atoms with Crippen LogP contribution in [0.4, 0.5) is 5.95 Å². The van der Waals surface area contributed by atoms with E-state index >= 15 is 0 Å². The summed E-state index contributed by atoms with van der Waals surface area (Å²) in [6.45, 7) is 2.90. The number of nitrogens with one attached hydrogen (secondary N) is 1. The van der Waals surface area contributed by atoms with Crippen LogP contribution in [0.25, 0.3) is 22.4 Å². The van der Waals surface area contributed by atoms with Gasteiger partial charge >= 0.3 is 0 Å². The minimum absolute atomic E-state index is 0.676. The number of imidazole rings is 1. The van der Waals surface area contributed by atoms with Crippen LogP contribution in [0.1, 0.15) is 12.7 Å². The molecular weight excluding hydrogens is 392 g/mol. The first kappa shape index (κ1) is 16.6. The lowest BCUT2D eigenvalue weighted by molar-refractivity contribution is 0.575. The summed E-state index contributed by atoms with van der Waals surface area (Å²) >= 11 is 3.44. The monoisotopic (exact) mass is 408 g/mol. The molecule has 0 bridgehead atoms. The Hall–Kier alpha value is -2.86. The SMILES string of the molecule is CCn1c(N/N=C\c2ccc(-c3ccc(Br)cc3)o2)nc2ccccc21. The molecule has 1 N–H and O–H groups in total. The van der Waals surface area contributed by atoms with Gasteiger partial charge in [0.25, 0.3) is 0 Å².